The Kier molecular flexibility index (Phi) is 9.81. The third kappa shape index (κ3) is 7.77. The number of nitrogens with two attached hydrogens (primary N) is 1. The van der Waals surface area contributed by atoms with Crippen LogP contribution >= 0.6 is 11.8 Å². The molecule has 8 nitrogen and oxygen atoms in total. The number of carbonyl (C=O) groups is 3. The van der Waals surface area contributed by atoms with Crippen molar-refractivity contribution >= 4 is 29.5 Å². The molecule has 0 fully saturated rings. The van der Waals surface area contributed by atoms with E-state index in [0.717, 1.165) is 0 Å². The number of aromatic hydroxyl groups is 1. The lowest BCUT2D eigenvalue weighted by Gasteiger charge is -2.24. The fourth-order valence-electron chi connectivity index (χ4n) is 2.41. The van der Waals surface area contributed by atoms with Crippen molar-refractivity contribution in [2.45, 2.75) is 44.8 Å². The molecule has 0 aliphatic carbocycles. The Morgan fingerprint density at radius 1 is 1.07 bits per heavy atom. The smallest absolute Gasteiger partial charge is 0.326 e. The van der Waals surface area contributed by atoms with Crippen LogP contribution in [0.25, 0.3) is 0 Å². The van der Waals surface area contributed by atoms with Crippen molar-refractivity contribution in [3.8, 4) is 5.75 Å². The van der Waals surface area contributed by atoms with Gasteiger partial charge in [-0.3, -0.25) is 9.59 Å². The van der Waals surface area contributed by atoms with Crippen molar-refractivity contribution in [3.05, 3.63) is 29.8 Å². The van der Waals surface area contributed by atoms with Gasteiger partial charge in [-0.2, -0.15) is 11.8 Å². The van der Waals surface area contributed by atoms with Gasteiger partial charge in [-0.15, -0.1) is 0 Å². The minimum atomic E-state index is -1.13. The Hall–Kier alpha value is -2.26. The average Bonchev–Trinajstić information content (AvgIpc) is 2.64. The van der Waals surface area contributed by atoms with Crippen LogP contribution < -0.4 is 16.4 Å². The summed E-state index contributed by atoms with van der Waals surface area (Å²) in [5, 5.41) is 23.9. The summed E-state index contributed by atoms with van der Waals surface area (Å²) in [6.07, 6.45) is 2.26. The maximum absolute atomic E-state index is 12.7. The van der Waals surface area contributed by atoms with E-state index in [0.29, 0.717) is 11.3 Å². The molecule has 156 valence electrons. The van der Waals surface area contributed by atoms with Crippen molar-refractivity contribution in [1.29, 1.82) is 0 Å². The highest BCUT2D eigenvalue weighted by Gasteiger charge is 2.28. The second-order valence-electron chi connectivity index (χ2n) is 6.88. The molecule has 28 heavy (non-hydrogen) atoms. The summed E-state index contributed by atoms with van der Waals surface area (Å²) >= 11 is 1.48. The van der Waals surface area contributed by atoms with Crippen LogP contribution in [0.5, 0.6) is 5.75 Å². The zero-order chi connectivity index (χ0) is 21.3. The molecular formula is C19H29N3O5S. The summed E-state index contributed by atoms with van der Waals surface area (Å²) in [4.78, 5) is 36.5. The van der Waals surface area contributed by atoms with Crippen LogP contribution in [0.2, 0.25) is 0 Å². The Morgan fingerprint density at radius 3 is 2.14 bits per heavy atom. The number of amides is 2. The summed E-state index contributed by atoms with van der Waals surface area (Å²) in [6.45, 7) is 3.59. The number of aliphatic carboxylic acids is 1. The number of phenolic OH excluding ortho intramolecular Hbond substituents is 1. The van der Waals surface area contributed by atoms with Crippen molar-refractivity contribution in [2.24, 2.45) is 11.7 Å². The lowest BCUT2D eigenvalue weighted by atomic mass is 10.0. The van der Waals surface area contributed by atoms with Gasteiger partial charge in [-0.25, -0.2) is 4.79 Å². The van der Waals surface area contributed by atoms with Crippen LogP contribution in [-0.2, 0) is 20.8 Å². The first-order chi connectivity index (χ1) is 13.1. The molecule has 1 rings (SSSR count). The number of benzene rings is 1. The van der Waals surface area contributed by atoms with E-state index >= 15 is 0 Å². The first kappa shape index (κ1) is 23.8. The highest BCUT2D eigenvalue weighted by molar-refractivity contribution is 7.98. The summed E-state index contributed by atoms with van der Waals surface area (Å²) < 4.78 is 0. The summed E-state index contributed by atoms with van der Waals surface area (Å²) in [7, 11) is 0. The predicted molar refractivity (Wildman–Crippen MR) is 109 cm³/mol. The molecule has 0 saturated carbocycles. The second-order valence-corrected chi connectivity index (χ2v) is 7.87. The van der Waals surface area contributed by atoms with Crippen LogP contribution in [-0.4, -0.2) is 58.1 Å². The fourth-order valence-corrected chi connectivity index (χ4v) is 2.88. The topological polar surface area (TPSA) is 142 Å². The molecule has 0 radical (unpaired) electrons. The maximum atomic E-state index is 12.7. The lowest BCUT2D eigenvalue weighted by molar-refractivity contribution is -0.142. The molecule has 1 aromatic rings. The van der Waals surface area contributed by atoms with E-state index in [4.69, 9.17) is 5.73 Å². The van der Waals surface area contributed by atoms with Crippen molar-refractivity contribution < 1.29 is 24.6 Å². The number of hydrogen-bond donors (Lipinski definition) is 5. The van der Waals surface area contributed by atoms with Gasteiger partial charge >= 0.3 is 5.97 Å². The SMILES string of the molecule is CSCCC(NC(=O)C(Cc1ccc(O)cc1)NC(=O)C(N)C(C)C)C(=O)O. The summed E-state index contributed by atoms with van der Waals surface area (Å²) in [5.41, 5.74) is 6.56. The zero-order valence-corrected chi connectivity index (χ0v) is 17.2. The van der Waals surface area contributed by atoms with Crippen LogP contribution in [0.15, 0.2) is 24.3 Å². The highest BCUT2D eigenvalue weighted by Crippen LogP contribution is 2.12. The molecule has 0 spiro atoms. The van der Waals surface area contributed by atoms with Gasteiger partial charge in [0.1, 0.15) is 17.8 Å². The summed E-state index contributed by atoms with van der Waals surface area (Å²) in [6, 6.07) is 3.39. The maximum Gasteiger partial charge on any atom is 0.326 e. The number of rotatable bonds is 11. The predicted octanol–water partition coefficient (Wildman–Crippen LogP) is 0.725. The van der Waals surface area contributed by atoms with Gasteiger partial charge in [0.05, 0.1) is 6.04 Å². The molecule has 0 heterocycles. The molecule has 0 aliphatic heterocycles. The number of carboxylic acid groups (broad SMARTS) is 1. The third-order valence-corrected chi connectivity index (χ3v) is 4.90. The zero-order valence-electron chi connectivity index (χ0n) is 16.3. The number of thioether (sulfide) groups is 1. The third-order valence-electron chi connectivity index (χ3n) is 4.26. The first-order valence-corrected chi connectivity index (χ1v) is 10.4. The number of carbonyl (C=O) groups excluding carboxylic acids is 2. The van der Waals surface area contributed by atoms with Gasteiger partial charge in [-0.05, 0) is 42.0 Å². The minimum Gasteiger partial charge on any atom is -0.508 e. The largest absolute Gasteiger partial charge is 0.508 e. The van der Waals surface area contributed by atoms with E-state index in [-0.39, 0.29) is 24.5 Å². The Bertz CT molecular complexity index is 666. The molecule has 0 bridgehead atoms. The van der Waals surface area contributed by atoms with Gasteiger partial charge in [-0.1, -0.05) is 26.0 Å². The van der Waals surface area contributed by atoms with E-state index in [9.17, 15) is 24.6 Å². The first-order valence-electron chi connectivity index (χ1n) is 9.01. The molecule has 3 unspecified atom stereocenters. The van der Waals surface area contributed by atoms with Gasteiger partial charge in [0, 0.05) is 6.42 Å². The van der Waals surface area contributed by atoms with Gasteiger partial charge in [0.15, 0.2) is 0 Å². The molecule has 3 atom stereocenters. The van der Waals surface area contributed by atoms with E-state index in [1.807, 2.05) is 6.26 Å². The van der Waals surface area contributed by atoms with Crippen LogP contribution in [0, 0.1) is 5.92 Å². The molecular weight excluding hydrogens is 382 g/mol. The van der Waals surface area contributed by atoms with Crippen molar-refractivity contribution in [2.75, 3.05) is 12.0 Å². The normalized spacial score (nSPS) is 14.2. The van der Waals surface area contributed by atoms with Crippen LogP contribution in [0.4, 0.5) is 0 Å². The van der Waals surface area contributed by atoms with E-state index in [1.165, 1.54) is 23.9 Å². The minimum absolute atomic E-state index is 0.0821. The lowest BCUT2D eigenvalue weighted by Crippen LogP contribution is -2.56. The van der Waals surface area contributed by atoms with Crippen molar-refractivity contribution in [1.82, 2.24) is 10.6 Å². The monoisotopic (exact) mass is 411 g/mol. The average molecular weight is 412 g/mol. The number of nitrogens with one attached hydrogen (secondary N) is 2. The molecule has 0 aliphatic rings. The molecule has 0 aromatic heterocycles. The quantitative estimate of drug-likeness (QED) is 0.361. The van der Waals surface area contributed by atoms with E-state index in [1.54, 1.807) is 26.0 Å². The van der Waals surface area contributed by atoms with Crippen molar-refractivity contribution in [3.63, 3.8) is 0 Å². The number of phenols is 1. The molecule has 0 saturated heterocycles. The Labute approximate surface area is 169 Å². The van der Waals surface area contributed by atoms with Gasteiger partial charge in [0.2, 0.25) is 11.8 Å². The Morgan fingerprint density at radius 2 is 1.64 bits per heavy atom. The second kappa shape index (κ2) is 11.6. The van der Waals surface area contributed by atoms with Gasteiger partial charge in [0.25, 0.3) is 0 Å². The standard InChI is InChI=1S/C19H29N3O5S/c1-11(2)16(20)18(25)22-15(10-12-4-6-13(23)7-5-12)17(24)21-14(19(26)27)8-9-28-3/h4-7,11,14-16,23H,8-10,20H2,1-3H3,(H,21,24)(H,22,25)(H,26,27). The Balaban J connectivity index is 2.96. The van der Waals surface area contributed by atoms with E-state index in [2.05, 4.69) is 10.6 Å². The molecule has 9 heteroatoms. The van der Waals surface area contributed by atoms with Gasteiger partial charge < -0.3 is 26.6 Å². The van der Waals surface area contributed by atoms with Crippen LogP contribution in [0.3, 0.4) is 0 Å². The summed E-state index contributed by atoms with van der Waals surface area (Å²) in [5.74, 6) is -1.67. The molecule has 1 aromatic carbocycles. The highest BCUT2D eigenvalue weighted by atomic mass is 32.2. The molecule has 2 amide bonds. The van der Waals surface area contributed by atoms with Crippen LogP contribution in [0.1, 0.15) is 25.8 Å². The number of carboxylic acids is 1. The fraction of sp³-hybridized carbons (Fsp3) is 0.526. The number of hydrogen-bond acceptors (Lipinski definition) is 6. The molecule has 6 N–H and O–H groups in total. The van der Waals surface area contributed by atoms with E-state index < -0.39 is 35.9 Å².